The molecular weight excluding hydrogens is 1100 g/mol. The van der Waals surface area contributed by atoms with Crippen LogP contribution in [0.1, 0.15) is 25.0 Å². The average Bonchev–Trinajstić information content (AvgIpc) is 1.55. The standard InChI is InChI=1S/C83H52N6O/c1-83(2)68-26-12-6-20-55(68)62-47-65-59-24-9-15-29-73(59)88(78(65)48-69(62)83)81-67-46-54(87-71-27-13-7-21-56(71)60-37-32-52(45-77(60)87)50-33-39-75-63(43-50)57-22-8-14-28-72(57)86(75)53-18-4-3-5-19-53)36-38-70(67)84-85-82(81)89-74-30-16-10-23-58(74)64-42-49(34-40-76(64)89)51-35-41-80-66(44-51)61-25-11-17-31-79(61)90-80/h3-48H,1-2H3. The molecule has 0 saturated heterocycles. The van der Waals surface area contributed by atoms with Crippen LogP contribution in [0.25, 0.3) is 176 Å². The van der Waals surface area contributed by atoms with E-state index in [9.17, 15) is 0 Å². The number of hydrogen-bond donors (Lipinski definition) is 0. The van der Waals surface area contributed by atoms with E-state index in [0.29, 0.717) is 0 Å². The second-order valence-electron chi connectivity index (χ2n) is 24.9. The highest BCUT2D eigenvalue weighted by atomic mass is 16.3. The smallest absolute Gasteiger partial charge is 0.185 e. The van der Waals surface area contributed by atoms with E-state index in [1.807, 2.05) is 12.1 Å². The Bertz CT molecular complexity index is 6320. The van der Waals surface area contributed by atoms with Crippen LogP contribution >= 0.6 is 0 Å². The van der Waals surface area contributed by atoms with Gasteiger partial charge in [-0.3, -0.25) is 4.57 Å². The van der Waals surface area contributed by atoms with Gasteiger partial charge in [0, 0.05) is 76.0 Å². The van der Waals surface area contributed by atoms with Crippen molar-refractivity contribution < 1.29 is 4.42 Å². The Hall–Kier alpha value is -11.8. The maximum Gasteiger partial charge on any atom is 0.185 e. The van der Waals surface area contributed by atoms with Crippen LogP contribution in [-0.4, -0.2) is 28.5 Å². The lowest BCUT2D eigenvalue weighted by Crippen LogP contribution is -2.15. The number of rotatable bonds is 6. The Balaban J connectivity index is 0.849. The molecule has 7 heteroatoms. The minimum atomic E-state index is -0.238. The van der Waals surface area contributed by atoms with Gasteiger partial charge in [0.1, 0.15) is 16.9 Å². The molecule has 90 heavy (non-hydrogen) atoms. The first-order chi connectivity index (χ1) is 44.4. The molecule has 7 nitrogen and oxygen atoms in total. The number of hydrogen-bond acceptors (Lipinski definition) is 3. The van der Waals surface area contributed by atoms with Crippen molar-refractivity contribution in [3.63, 3.8) is 0 Å². The van der Waals surface area contributed by atoms with Crippen LogP contribution in [0.4, 0.5) is 0 Å². The van der Waals surface area contributed by atoms with Crippen LogP contribution < -0.4 is 0 Å². The summed E-state index contributed by atoms with van der Waals surface area (Å²) in [7, 11) is 0. The Labute approximate surface area is 515 Å². The van der Waals surface area contributed by atoms with Gasteiger partial charge in [0.2, 0.25) is 0 Å². The topological polar surface area (TPSA) is 58.6 Å². The molecule has 0 atom stereocenters. The monoisotopic (exact) mass is 1150 g/mol. The molecule has 0 N–H and O–H groups in total. The summed E-state index contributed by atoms with van der Waals surface area (Å²) >= 11 is 0. The van der Waals surface area contributed by atoms with Crippen LogP contribution in [-0.2, 0) is 5.41 Å². The molecule has 0 fully saturated rings. The number of aromatic nitrogens is 6. The summed E-state index contributed by atoms with van der Waals surface area (Å²) in [5.41, 5.74) is 24.2. The third kappa shape index (κ3) is 6.77. The summed E-state index contributed by atoms with van der Waals surface area (Å²) in [5.74, 6) is 0.740. The summed E-state index contributed by atoms with van der Waals surface area (Å²) in [6, 6.07) is 102. The highest BCUT2D eigenvalue weighted by Crippen LogP contribution is 2.52. The molecule has 0 aliphatic heterocycles. The molecule has 1 aliphatic carbocycles. The molecule has 13 aromatic carbocycles. The predicted molar refractivity (Wildman–Crippen MR) is 373 cm³/mol. The van der Waals surface area contributed by atoms with E-state index in [1.165, 1.54) is 65.6 Å². The first-order valence-electron chi connectivity index (χ1n) is 31.0. The highest BCUT2D eigenvalue weighted by Gasteiger charge is 2.37. The third-order valence-corrected chi connectivity index (χ3v) is 19.8. The number of benzene rings is 13. The molecule has 0 unspecified atom stereocenters. The van der Waals surface area contributed by atoms with Crippen molar-refractivity contribution in [3.8, 4) is 56.3 Å². The maximum atomic E-state index is 6.30. The van der Waals surface area contributed by atoms with Gasteiger partial charge in [-0.05, 0) is 160 Å². The molecule has 20 rings (SSSR count). The lowest BCUT2D eigenvalue weighted by Gasteiger charge is -2.22. The van der Waals surface area contributed by atoms with Gasteiger partial charge >= 0.3 is 0 Å². The van der Waals surface area contributed by atoms with Gasteiger partial charge in [0.05, 0.1) is 49.7 Å². The van der Waals surface area contributed by atoms with Gasteiger partial charge in [-0.1, -0.05) is 178 Å². The van der Waals surface area contributed by atoms with E-state index in [-0.39, 0.29) is 5.41 Å². The Morgan fingerprint density at radius 1 is 0.278 bits per heavy atom. The second kappa shape index (κ2) is 18.1. The molecule has 420 valence electrons. The van der Waals surface area contributed by atoms with E-state index in [4.69, 9.17) is 14.6 Å². The van der Waals surface area contributed by atoms with Gasteiger partial charge in [0.15, 0.2) is 5.82 Å². The molecule has 0 radical (unpaired) electrons. The predicted octanol–water partition coefficient (Wildman–Crippen LogP) is 21.6. The van der Waals surface area contributed by atoms with Crippen molar-refractivity contribution in [3.05, 3.63) is 290 Å². The van der Waals surface area contributed by atoms with Gasteiger partial charge in [0.25, 0.3) is 0 Å². The Morgan fingerprint density at radius 2 is 0.767 bits per heavy atom. The van der Waals surface area contributed by atoms with Gasteiger partial charge in [-0.2, -0.15) is 0 Å². The molecule has 19 aromatic rings. The van der Waals surface area contributed by atoms with Gasteiger partial charge in [-0.15, -0.1) is 10.2 Å². The molecule has 6 heterocycles. The number of nitrogens with zero attached hydrogens (tertiary/aromatic N) is 6. The highest BCUT2D eigenvalue weighted by molar-refractivity contribution is 6.17. The summed E-state index contributed by atoms with van der Waals surface area (Å²) in [6.07, 6.45) is 0. The SMILES string of the molecule is CC1(C)c2ccccc2-c2cc3c4ccccc4n(-c4c(-n5c6ccccc6c6cc(-c7ccc8oc9ccccc9c8c7)ccc65)nnc5ccc(-n6c7ccccc7c7ccc(-c8ccc9c(c8)c8ccccc8n9-c8ccccc8)cc76)cc45)c3cc21. The van der Waals surface area contributed by atoms with Gasteiger partial charge in [-0.25, -0.2) is 0 Å². The Kier molecular flexibility index (Phi) is 9.94. The van der Waals surface area contributed by atoms with E-state index < -0.39 is 0 Å². The molecule has 0 saturated carbocycles. The molecule has 0 spiro atoms. The quantitative estimate of drug-likeness (QED) is 0.167. The first kappa shape index (κ1) is 49.3. The summed E-state index contributed by atoms with van der Waals surface area (Å²) in [4.78, 5) is 0. The molecule has 0 amide bonds. The van der Waals surface area contributed by atoms with Crippen LogP contribution in [0, 0.1) is 0 Å². The lowest BCUT2D eigenvalue weighted by atomic mass is 9.82. The van der Waals surface area contributed by atoms with Crippen molar-refractivity contribution in [2.75, 3.05) is 0 Å². The molecule has 1 aliphatic rings. The zero-order chi connectivity index (χ0) is 59.1. The summed E-state index contributed by atoms with van der Waals surface area (Å²) in [5, 5.41) is 23.4. The fourth-order valence-electron chi connectivity index (χ4n) is 15.7. The largest absolute Gasteiger partial charge is 0.456 e. The number of para-hydroxylation sites is 6. The van der Waals surface area contributed by atoms with Crippen molar-refractivity contribution in [1.29, 1.82) is 0 Å². The van der Waals surface area contributed by atoms with E-state index in [1.54, 1.807) is 0 Å². The first-order valence-corrected chi connectivity index (χ1v) is 31.0. The molecular formula is C83H52N6O. The van der Waals surface area contributed by atoms with E-state index in [0.717, 1.165) is 122 Å². The zero-order valence-corrected chi connectivity index (χ0v) is 49.1. The molecule has 0 bridgehead atoms. The summed E-state index contributed by atoms with van der Waals surface area (Å²) in [6.45, 7) is 4.75. The minimum Gasteiger partial charge on any atom is -0.456 e. The van der Waals surface area contributed by atoms with Crippen molar-refractivity contribution in [2.24, 2.45) is 0 Å². The minimum absolute atomic E-state index is 0.238. The number of fused-ring (bicyclic) bond motifs is 19. The third-order valence-electron chi connectivity index (χ3n) is 19.8. The number of furan rings is 1. The maximum absolute atomic E-state index is 6.30. The van der Waals surface area contributed by atoms with Crippen molar-refractivity contribution >= 4 is 120 Å². The van der Waals surface area contributed by atoms with Gasteiger partial charge < -0.3 is 18.1 Å². The average molecular weight is 1150 g/mol. The van der Waals surface area contributed by atoms with E-state index in [2.05, 4.69) is 299 Å². The Morgan fingerprint density at radius 3 is 1.48 bits per heavy atom. The summed E-state index contributed by atoms with van der Waals surface area (Å²) < 4.78 is 16.0. The fraction of sp³-hybridized carbons (Fsp3) is 0.0361. The van der Waals surface area contributed by atoms with Crippen LogP contribution in [0.5, 0.6) is 0 Å². The fourth-order valence-corrected chi connectivity index (χ4v) is 15.7. The van der Waals surface area contributed by atoms with Crippen LogP contribution in [0.2, 0.25) is 0 Å². The lowest BCUT2D eigenvalue weighted by molar-refractivity contribution is 0.661. The van der Waals surface area contributed by atoms with Crippen molar-refractivity contribution in [2.45, 2.75) is 19.3 Å². The van der Waals surface area contributed by atoms with Crippen LogP contribution in [0.15, 0.2) is 283 Å². The molecule has 6 aromatic heterocycles. The van der Waals surface area contributed by atoms with Crippen LogP contribution in [0.3, 0.4) is 0 Å². The van der Waals surface area contributed by atoms with E-state index >= 15 is 0 Å². The second-order valence-corrected chi connectivity index (χ2v) is 24.9. The van der Waals surface area contributed by atoms with Crippen molar-refractivity contribution in [1.82, 2.24) is 28.5 Å². The normalized spacial score (nSPS) is 13.1. The zero-order valence-electron chi connectivity index (χ0n) is 49.1.